The second-order valence-electron chi connectivity index (χ2n) is 2.48. The number of nitrogens with zero attached hydrogens (tertiary/aromatic N) is 1. The molecule has 0 aliphatic heterocycles. The molecule has 4 nitrogen and oxygen atoms in total. The van der Waals surface area contributed by atoms with Crippen LogP contribution in [0.1, 0.15) is 5.56 Å². The van der Waals surface area contributed by atoms with Gasteiger partial charge in [0.25, 0.3) is 0 Å². The predicted octanol–water partition coefficient (Wildman–Crippen LogP) is 2.57. The van der Waals surface area contributed by atoms with Crippen LogP contribution >= 0.6 is 11.6 Å². The fourth-order valence-electron chi connectivity index (χ4n) is 1.04. The first-order chi connectivity index (χ1) is 6.07. The van der Waals surface area contributed by atoms with Gasteiger partial charge in [-0.2, -0.15) is 0 Å². The van der Waals surface area contributed by atoms with E-state index in [0.717, 1.165) is 0 Å². The van der Waals surface area contributed by atoms with E-state index in [0.29, 0.717) is 10.6 Å². The summed E-state index contributed by atoms with van der Waals surface area (Å²) in [5.74, 6) is 0.229. The third-order valence-corrected chi connectivity index (χ3v) is 2.14. The first-order valence-corrected chi connectivity index (χ1v) is 3.93. The quantitative estimate of drug-likeness (QED) is 0.546. The van der Waals surface area contributed by atoms with Crippen molar-refractivity contribution in [3.8, 4) is 5.75 Å². The molecule has 0 saturated heterocycles. The lowest BCUT2D eigenvalue weighted by Crippen LogP contribution is -1.96. The predicted molar refractivity (Wildman–Crippen MR) is 49.4 cm³/mol. The first-order valence-electron chi connectivity index (χ1n) is 3.55. The van der Waals surface area contributed by atoms with Crippen LogP contribution in [-0.4, -0.2) is 12.0 Å². The van der Waals surface area contributed by atoms with E-state index in [9.17, 15) is 10.1 Å². The molecule has 0 aliphatic carbocycles. The van der Waals surface area contributed by atoms with Gasteiger partial charge in [-0.3, -0.25) is 10.1 Å². The highest BCUT2D eigenvalue weighted by Crippen LogP contribution is 2.34. The van der Waals surface area contributed by atoms with Crippen LogP contribution in [0, 0.1) is 17.0 Å². The molecule has 0 aliphatic rings. The van der Waals surface area contributed by atoms with Gasteiger partial charge >= 0.3 is 5.69 Å². The maximum Gasteiger partial charge on any atom is 0.315 e. The third kappa shape index (κ3) is 1.72. The van der Waals surface area contributed by atoms with Crippen LogP contribution in [0.5, 0.6) is 5.75 Å². The summed E-state index contributed by atoms with van der Waals surface area (Å²) < 4.78 is 4.84. The van der Waals surface area contributed by atoms with Crippen molar-refractivity contribution < 1.29 is 9.66 Å². The van der Waals surface area contributed by atoms with Gasteiger partial charge in [0, 0.05) is 5.56 Å². The fraction of sp³-hybridized carbons (Fsp3) is 0.250. The molecule has 0 bridgehead atoms. The highest BCUT2D eigenvalue weighted by atomic mass is 35.5. The summed E-state index contributed by atoms with van der Waals surface area (Å²) in [6, 6.07) is 3.05. The Balaban J connectivity index is 3.41. The van der Waals surface area contributed by atoms with Crippen LogP contribution in [0.25, 0.3) is 0 Å². The summed E-state index contributed by atoms with van der Waals surface area (Å²) in [4.78, 5) is 10.1. The molecule has 0 saturated carbocycles. The fourth-order valence-corrected chi connectivity index (χ4v) is 1.19. The summed E-state index contributed by atoms with van der Waals surface area (Å²) in [7, 11) is 1.38. The van der Waals surface area contributed by atoms with Gasteiger partial charge in [-0.05, 0) is 19.1 Å². The zero-order valence-corrected chi connectivity index (χ0v) is 7.96. The SMILES string of the molecule is COc1ccc(Cl)c(C)c1[N+](=O)[O-]. The van der Waals surface area contributed by atoms with Crippen molar-refractivity contribution in [2.75, 3.05) is 7.11 Å². The lowest BCUT2D eigenvalue weighted by Gasteiger charge is -2.04. The number of hydrogen-bond donors (Lipinski definition) is 0. The maximum absolute atomic E-state index is 10.6. The van der Waals surface area contributed by atoms with E-state index in [1.165, 1.54) is 13.2 Å². The van der Waals surface area contributed by atoms with Gasteiger partial charge in [0.05, 0.1) is 17.1 Å². The lowest BCUT2D eigenvalue weighted by molar-refractivity contribution is -0.386. The molecule has 0 radical (unpaired) electrons. The van der Waals surface area contributed by atoms with Crippen molar-refractivity contribution in [1.82, 2.24) is 0 Å². The number of rotatable bonds is 2. The second kappa shape index (κ2) is 3.62. The van der Waals surface area contributed by atoms with Crippen LogP contribution in [-0.2, 0) is 0 Å². The number of nitro benzene ring substituents is 1. The Kier molecular flexibility index (Phi) is 2.72. The van der Waals surface area contributed by atoms with Gasteiger partial charge in [-0.25, -0.2) is 0 Å². The summed E-state index contributed by atoms with van der Waals surface area (Å²) in [5.41, 5.74) is 0.348. The van der Waals surface area contributed by atoms with E-state index in [2.05, 4.69) is 0 Å². The van der Waals surface area contributed by atoms with Crippen molar-refractivity contribution in [2.45, 2.75) is 6.92 Å². The van der Waals surface area contributed by atoms with Crippen LogP contribution in [0.15, 0.2) is 12.1 Å². The van der Waals surface area contributed by atoms with Crippen molar-refractivity contribution in [3.05, 3.63) is 32.8 Å². The van der Waals surface area contributed by atoms with E-state index in [1.54, 1.807) is 13.0 Å². The second-order valence-corrected chi connectivity index (χ2v) is 2.89. The molecule has 5 heteroatoms. The maximum atomic E-state index is 10.6. The summed E-state index contributed by atoms with van der Waals surface area (Å²) in [5, 5.41) is 11.0. The Morgan fingerprint density at radius 1 is 1.54 bits per heavy atom. The van der Waals surface area contributed by atoms with Gasteiger partial charge in [0.15, 0.2) is 5.75 Å². The van der Waals surface area contributed by atoms with Crippen molar-refractivity contribution >= 4 is 17.3 Å². The number of nitro groups is 1. The summed E-state index contributed by atoms with van der Waals surface area (Å²) in [6.07, 6.45) is 0. The number of halogens is 1. The van der Waals surface area contributed by atoms with Gasteiger partial charge in [-0.15, -0.1) is 0 Å². The van der Waals surface area contributed by atoms with Crippen LogP contribution in [0.3, 0.4) is 0 Å². The van der Waals surface area contributed by atoms with Crippen molar-refractivity contribution in [1.29, 1.82) is 0 Å². The Morgan fingerprint density at radius 3 is 2.62 bits per heavy atom. The first kappa shape index (κ1) is 9.80. The highest BCUT2D eigenvalue weighted by molar-refractivity contribution is 6.31. The average Bonchev–Trinajstić information content (AvgIpc) is 2.08. The van der Waals surface area contributed by atoms with E-state index >= 15 is 0 Å². The van der Waals surface area contributed by atoms with Crippen LogP contribution < -0.4 is 4.74 Å². The molecule has 1 rings (SSSR count). The van der Waals surface area contributed by atoms with Crippen LogP contribution in [0.4, 0.5) is 5.69 Å². The Labute approximate surface area is 80.2 Å². The van der Waals surface area contributed by atoms with Gasteiger partial charge in [0.1, 0.15) is 0 Å². The normalized spacial score (nSPS) is 9.77. The molecule has 0 aromatic heterocycles. The largest absolute Gasteiger partial charge is 0.490 e. The summed E-state index contributed by atoms with van der Waals surface area (Å²) in [6.45, 7) is 1.59. The van der Waals surface area contributed by atoms with E-state index in [4.69, 9.17) is 16.3 Å². The zero-order chi connectivity index (χ0) is 10.0. The van der Waals surface area contributed by atoms with E-state index in [-0.39, 0.29) is 11.4 Å². The average molecular weight is 202 g/mol. The Bertz CT molecular complexity index is 351. The molecule has 1 aromatic carbocycles. The number of benzene rings is 1. The molecule has 0 amide bonds. The smallest absolute Gasteiger partial charge is 0.315 e. The number of hydrogen-bond acceptors (Lipinski definition) is 3. The minimum absolute atomic E-state index is 0.0741. The van der Waals surface area contributed by atoms with Crippen molar-refractivity contribution in [3.63, 3.8) is 0 Å². The molecule has 70 valence electrons. The molecular formula is C8H8ClNO3. The number of methoxy groups -OCH3 is 1. The monoisotopic (exact) mass is 201 g/mol. The lowest BCUT2D eigenvalue weighted by atomic mass is 10.2. The third-order valence-electron chi connectivity index (χ3n) is 1.73. The molecular weight excluding hydrogens is 194 g/mol. The van der Waals surface area contributed by atoms with E-state index in [1.807, 2.05) is 0 Å². The molecule has 0 unspecified atom stereocenters. The minimum Gasteiger partial charge on any atom is -0.490 e. The van der Waals surface area contributed by atoms with Gasteiger partial charge in [-0.1, -0.05) is 11.6 Å². The molecule has 0 N–H and O–H groups in total. The number of ether oxygens (including phenoxy) is 1. The van der Waals surface area contributed by atoms with Crippen LogP contribution in [0.2, 0.25) is 5.02 Å². The molecule has 0 atom stereocenters. The molecule has 1 aromatic rings. The Morgan fingerprint density at radius 2 is 2.15 bits per heavy atom. The summed E-state index contributed by atoms with van der Waals surface area (Å²) >= 11 is 5.73. The van der Waals surface area contributed by atoms with Gasteiger partial charge < -0.3 is 4.74 Å². The Hall–Kier alpha value is -1.29. The highest BCUT2D eigenvalue weighted by Gasteiger charge is 2.19. The molecule has 0 spiro atoms. The molecule has 0 fully saturated rings. The molecule has 0 heterocycles. The zero-order valence-electron chi connectivity index (χ0n) is 7.20. The topological polar surface area (TPSA) is 52.4 Å². The standard InChI is InChI=1S/C8H8ClNO3/c1-5-6(9)3-4-7(13-2)8(5)10(11)12/h3-4H,1-2H3. The van der Waals surface area contributed by atoms with E-state index < -0.39 is 4.92 Å². The molecule has 13 heavy (non-hydrogen) atoms. The minimum atomic E-state index is -0.500. The van der Waals surface area contributed by atoms with Gasteiger partial charge in [0.2, 0.25) is 0 Å². The van der Waals surface area contributed by atoms with Crippen molar-refractivity contribution in [2.24, 2.45) is 0 Å².